The van der Waals surface area contributed by atoms with Gasteiger partial charge in [-0.25, -0.2) is 13.2 Å². The van der Waals surface area contributed by atoms with Crippen molar-refractivity contribution in [2.24, 2.45) is 0 Å². The third-order valence-electron chi connectivity index (χ3n) is 2.56. The van der Waals surface area contributed by atoms with Gasteiger partial charge in [0.15, 0.2) is 0 Å². The van der Waals surface area contributed by atoms with Gasteiger partial charge in [-0.3, -0.25) is 9.71 Å². The number of aromatic nitrogens is 1. The number of hydrogen-bond donors (Lipinski definition) is 1. The van der Waals surface area contributed by atoms with Crippen LogP contribution in [0.3, 0.4) is 0 Å². The van der Waals surface area contributed by atoms with Crippen LogP contribution in [-0.4, -0.2) is 26.5 Å². The average molecular weight is 327 g/mol. The molecule has 0 amide bonds. The lowest BCUT2D eigenvalue weighted by Gasteiger charge is -2.09. The summed E-state index contributed by atoms with van der Waals surface area (Å²) in [6.45, 7) is 0. The highest BCUT2D eigenvalue weighted by Gasteiger charge is 2.18. The number of benzene rings is 1. The zero-order chi connectivity index (χ0) is 15.5. The molecule has 0 spiro atoms. The van der Waals surface area contributed by atoms with Gasteiger partial charge in [-0.1, -0.05) is 17.7 Å². The molecular weight excluding hydrogens is 316 g/mol. The fraction of sp³-hybridized carbons (Fsp3) is 0.0769. The largest absolute Gasteiger partial charge is 0.465 e. The topological polar surface area (TPSA) is 85.4 Å². The smallest absolute Gasteiger partial charge is 0.337 e. The van der Waals surface area contributed by atoms with Crippen LogP contribution >= 0.6 is 11.6 Å². The molecule has 0 radical (unpaired) electrons. The number of sulfonamides is 1. The summed E-state index contributed by atoms with van der Waals surface area (Å²) in [6, 6.07) is 7.30. The standard InChI is InChI=1S/C13H11ClN2O4S/c1-20-13(17)9-3-2-4-10(7-9)16-21(18,19)12-8-15-6-5-11(12)14/h2-8,16H,1H3. The van der Waals surface area contributed by atoms with Gasteiger partial charge in [0.2, 0.25) is 0 Å². The second-order valence-corrected chi connectivity index (χ2v) is 6.04. The van der Waals surface area contributed by atoms with E-state index in [-0.39, 0.29) is 21.2 Å². The summed E-state index contributed by atoms with van der Waals surface area (Å²) in [6.07, 6.45) is 2.54. The van der Waals surface area contributed by atoms with E-state index in [0.717, 1.165) is 6.20 Å². The lowest BCUT2D eigenvalue weighted by Crippen LogP contribution is -2.14. The molecule has 1 heterocycles. The molecule has 0 atom stereocenters. The second-order valence-electron chi connectivity index (χ2n) is 3.98. The maximum atomic E-state index is 12.2. The van der Waals surface area contributed by atoms with Crippen molar-refractivity contribution in [3.63, 3.8) is 0 Å². The summed E-state index contributed by atoms with van der Waals surface area (Å²) >= 11 is 5.85. The van der Waals surface area contributed by atoms with E-state index in [4.69, 9.17) is 11.6 Å². The molecule has 0 aliphatic carbocycles. The fourth-order valence-electron chi connectivity index (χ4n) is 1.60. The first-order valence-corrected chi connectivity index (χ1v) is 7.61. The van der Waals surface area contributed by atoms with E-state index in [0.29, 0.717) is 0 Å². The number of anilines is 1. The molecule has 1 N–H and O–H groups in total. The number of carbonyl (C=O) groups excluding carboxylic acids is 1. The number of rotatable bonds is 4. The maximum Gasteiger partial charge on any atom is 0.337 e. The molecule has 2 rings (SSSR count). The average Bonchev–Trinajstić information content (AvgIpc) is 2.46. The third kappa shape index (κ3) is 3.50. The summed E-state index contributed by atoms with van der Waals surface area (Å²) in [5.74, 6) is -0.560. The van der Waals surface area contributed by atoms with Crippen molar-refractivity contribution in [2.75, 3.05) is 11.8 Å². The summed E-state index contributed by atoms with van der Waals surface area (Å²) in [7, 11) is -2.65. The molecule has 0 unspecified atom stereocenters. The van der Waals surface area contributed by atoms with Crippen LogP contribution in [0, 0.1) is 0 Å². The number of nitrogens with one attached hydrogen (secondary N) is 1. The van der Waals surface area contributed by atoms with E-state index in [1.54, 1.807) is 0 Å². The van der Waals surface area contributed by atoms with E-state index in [9.17, 15) is 13.2 Å². The van der Waals surface area contributed by atoms with Crippen molar-refractivity contribution >= 4 is 33.3 Å². The molecule has 0 aliphatic heterocycles. The number of ether oxygens (including phenoxy) is 1. The van der Waals surface area contributed by atoms with Crippen molar-refractivity contribution < 1.29 is 17.9 Å². The van der Waals surface area contributed by atoms with Crippen molar-refractivity contribution in [3.8, 4) is 0 Å². The quantitative estimate of drug-likeness (QED) is 0.871. The van der Waals surface area contributed by atoms with Gasteiger partial charge in [-0.2, -0.15) is 0 Å². The lowest BCUT2D eigenvalue weighted by atomic mass is 10.2. The molecule has 0 bridgehead atoms. The molecule has 0 fully saturated rings. The Hall–Kier alpha value is -2.12. The summed E-state index contributed by atoms with van der Waals surface area (Å²) < 4.78 is 31.4. The van der Waals surface area contributed by atoms with Crippen molar-refractivity contribution in [1.82, 2.24) is 4.98 Å². The Balaban J connectivity index is 2.34. The number of hydrogen-bond acceptors (Lipinski definition) is 5. The van der Waals surface area contributed by atoms with Gasteiger partial charge < -0.3 is 4.74 Å². The van der Waals surface area contributed by atoms with Crippen LogP contribution in [-0.2, 0) is 14.8 Å². The number of nitrogens with zero attached hydrogens (tertiary/aromatic N) is 1. The summed E-state index contributed by atoms with van der Waals surface area (Å²) in [5, 5.41) is 0.0571. The zero-order valence-electron chi connectivity index (χ0n) is 10.9. The minimum Gasteiger partial charge on any atom is -0.465 e. The van der Waals surface area contributed by atoms with Crippen LogP contribution in [0.25, 0.3) is 0 Å². The van der Waals surface area contributed by atoms with Crippen LogP contribution in [0.1, 0.15) is 10.4 Å². The molecular formula is C13H11ClN2O4S. The zero-order valence-corrected chi connectivity index (χ0v) is 12.5. The number of esters is 1. The van der Waals surface area contributed by atoms with Gasteiger partial charge in [0.1, 0.15) is 4.90 Å². The van der Waals surface area contributed by atoms with Gasteiger partial charge >= 0.3 is 5.97 Å². The first kappa shape index (κ1) is 15.3. The monoisotopic (exact) mass is 326 g/mol. The lowest BCUT2D eigenvalue weighted by molar-refractivity contribution is 0.0601. The molecule has 0 aliphatic rings. The fourth-order valence-corrected chi connectivity index (χ4v) is 3.08. The van der Waals surface area contributed by atoms with E-state index in [1.807, 2.05) is 0 Å². The van der Waals surface area contributed by atoms with Crippen LogP contribution in [0.4, 0.5) is 5.69 Å². The number of carbonyl (C=O) groups is 1. The minimum atomic E-state index is -3.89. The van der Waals surface area contributed by atoms with E-state index >= 15 is 0 Å². The van der Waals surface area contributed by atoms with Gasteiger partial charge in [0, 0.05) is 18.1 Å². The highest BCUT2D eigenvalue weighted by atomic mass is 35.5. The van der Waals surface area contributed by atoms with Crippen molar-refractivity contribution in [1.29, 1.82) is 0 Å². The molecule has 21 heavy (non-hydrogen) atoms. The Bertz CT molecular complexity index is 777. The van der Waals surface area contributed by atoms with Crippen LogP contribution < -0.4 is 4.72 Å². The maximum absolute atomic E-state index is 12.2. The van der Waals surface area contributed by atoms with E-state index in [1.165, 1.54) is 43.6 Å². The van der Waals surface area contributed by atoms with Crippen molar-refractivity contribution in [2.45, 2.75) is 4.90 Å². The molecule has 8 heteroatoms. The molecule has 0 saturated carbocycles. The molecule has 6 nitrogen and oxygen atoms in total. The van der Waals surface area contributed by atoms with Gasteiger partial charge in [0.05, 0.1) is 17.7 Å². The molecule has 1 aromatic carbocycles. The number of pyridine rings is 1. The Morgan fingerprint density at radius 3 is 2.76 bits per heavy atom. The first-order chi connectivity index (χ1) is 9.94. The number of methoxy groups -OCH3 is 1. The SMILES string of the molecule is COC(=O)c1cccc(NS(=O)(=O)c2cnccc2Cl)c1. The predicted molar refractivity (Wildman–Crippen MR) is 77.8 cm³/mol. The Kier molecular flexibility index (Phi) is 4.44. The predicted octanol–water partition coefficient (Wildman–Crippen LogP) is 2.32. The van der Waals surface area contributed by atoms with E-state index < -0.39 is 16.0 Å². The molecule has 0 saturated heterocycles. The Labute approximate surface area is 126 Å². The highest BCUT2D eigenvalue weighted by molar-refractivity contribution is 7.92. The van der Waals surface area contributed by atoms with Gasteiger partial charge in [-0.05, 0) is 24.3 Å². The summed E-state index contributed by atoms with van der Waals surface area (Å²) in [5.41, 5.74) is 0.452. The van der Waals surface area contributed by atoms with Gasteiger partial charge in [-0.15, -0.1) is 0 Å². The van der Waals surface area contributed by atoms with Crippen LogP contribution in [0.5, 0.6) is 0 Å². The normalized spacial score (nSPS) is 11.0. The minimum absolute atomic E-state index is 0.0571. The van der Waals surface area contributed by atoms with E-state index in [2.05, 4.69) is 14.4 Å². The Morgan fingerprint density at radius 1 is 1.33 bits per heavy atom. The van der Waals surface area contributed by atoms with Gasteiger partial charge in [0.25, 0.3) is 10.0 Å². The highest BCUT2D eigenvalue weighted by Crippen LogP contribution is 2.22. The van der Waals surface area contributed by atoms with Crippen LogP contribution in [0.2, 0.25) is 5.02 Å². The number of halogens is 1. The van der Waals surface area contributed by atoms with Crippen molar-refractivity contribution in [3.05, 3.63) is 53.3 Å². The van der Waals surface area contributed by atoms with Crippen LogP contribution in [0.15, 0.2) is 47.6 Å². The third-order valence-corrected chi connectivity index (χ3v) is 4.41. The molecule has 1 aromatic heterocycles. The first-order valence-electron chi connectivity index (χ1n) is 5.75. The summed E-state index contributed by atoms with van der Waals surface area (Å²) in [4.78, 5) is 15.0. The Morgan fingerprint density at radius 2 is 2.10 bits per heavy atom. The molecule has 2 aromatic rings. The second kappa shape index (κ2) is 6.11. The molecule has 110 valence electrons.